The van der Waals surface area contributed by atoms with Gasteiger partial charge in [0.15, 0.2) is 11.2 Å². The number of amides is 6. The smallest absolute Gasteiger partial charge is 0.409 e. The highest BCUT2D eigenvalue weighted by Gasteiger charge is 2.29. The highest BCUT2D eigenvalue weighted by atomic mass is 16.6. The van der Waals surface area contributed by atoms with Gasteiger partial charge in [-0.3, -0.25) is 38.9 Å². The van der Waals surface area contributed by atoms with Gasteiger partial charge in [0.25, 0.3) is 11.5 Å². The number of carbonyl (C=O) groups is 6. The molecule has 0 bridgehead atoms. The zero-order valence-electron chi connectivity index (χ0n) is 53.2. The third kappa shape index (κ3) is 31.6. The Kier molecular flexibility index (Phi) is 40.2. The fourth-order valence-corrected chi connectivity index (χ4v) is 8.17. The van der Waals surface area contributed by atoms with Crippen molar-refractivity contribution in [3.8, 4) is 0 Å². The molecule has 0 fully saturated rings. The Bertz CT molecular complexity index is 2710. The number of anilines is 2. The van der Waals surface area contributed by atoms with Crippen LogP contribution in [0.3, 0.4) is 0 Å². The number of hydrazine groups is 1. The first-order valence-electron chi connectivity index (χ1n) is 30.3. The molecule has 91 heavy (non-hydrogen) atoms. The molecule has 0 aliphatic heterocycles. The molecule has 2 heterocycles. The van der Waals surface area contributed by atoms with E-state index in [0.717, 1.165) is 0 Å². The van der Waals surface area contributed by atoms with Gasteiger partial charge in [-0.25, -0.2) is 24.8 Å². The highest BCUT2D eigenvalue weighted by Crippen LogP contribution is 2.20. The van der Waals surface area contributed by atoms with E-state index < -0.39 is 65.4 Å². The summed E-state index contributed by atoms with van der Waals surface area (Å²) >= 11 is 0. The van der Waals surface area contributed by atoms with E-state index in [0.29, 0.717) is 129 Å². The zero-order valence-corrected chi connectivity index (χ0v) is 53.2. The Morgan fingerprint density at radius 1 is 0.670 bits per heavy atom. The number of benzene rings is 1. The molecule has 0 aliphatic carbocycles. The van der Waals surface area contributed by atoms with Crippen LogP contribution in [0, 0.1) is 5.92 Å². The highest BCUT2D eigenvalue weighted by molar-refractivity contribution is 5.98. The van der Waals surface area contributed by atoms with Crippen LogP contribution < -0.4 is 49.9 Å². The number of rotatable bonds is 52. The Labute approximate surface area is 529 Å². The molecule has 33 nitrogen and oxygen atoms in total. The third-order valence-corrected chi connectivity index (χ3v) is 13.0. The summed E-state index contributed by atoms with van der Waals surface area (Å²) in [6.45, 7) is 14.6. The lowest BCUT2D eigenvalue weighted by molar-refractivity contribution is -0.134. The van der Waals surface area contributed by atoms with Crippen molar-refractivity contribution in [2.45, 2.75) is 84.3 Å². The molecule has 3 aromatic rings. The third-order valence-electron chi connectivity index (χ3n) is 13.0. The summed E-state index contributed by atoms with van der Waals surface area (Å²) in [5.74, 6) is 2.50. The van der Waals surface area contributed by atoms with Gasteiger partial charge in [-0.2, -0.15) is 4.98 Å². The van der Waals surface area contributed by atoms with Crippen molar-refractivity contribution >= 4 is 58.6 Å². The summed E-state index contributed by atoms with van der Waals surface area (Å²) in [4.78, 5) is 112. The van der Waals surface area contributed by atoms with Gasteiger partial charge < -0.3 is 94.1 Å². The standard InChI is InChI=1S/C58H97N13O20/c1-7-11-48(71-51-50(54(76)66-55(60)65-51)70(18-8-2)56(71)77)89-37-38-90-57(78)68(5)19-20-69(6)58(79)91-39-43-13-15-44(16-14-43)62-52(74)45(12-9-10-17-59)63-53(75)49(42(3)4)64-46(72)40-87-35-33-85-31-29-83-27-25-81-23-21-80-22-24-82-26-28-84-30-32-86-34-36-88-41-47(73)67-61/h8,13-16,42,45,48-49H,2,7,9-12,17-41,59,61H2,1,3-6H3,(H,62,74)(H,63,75)(H,64,72)(H,67,73)(H3,60,65,66,76). The van der Waals surface area contributed by atoms with E-state index in [2.05, 4.69) is 32.5 Å². The number of unbranched alkanes of at least 4 members (excludes halogenated alkanes) is 1. The zero-order chi connectivity index (χ0) is 66.6. The van der Waals surface area contributed by atoms with E-state index in [1.165, 1.54) is 39.1 Å². The summed E-state index contributed by atoms with van der Waals surface area (Å²) in [5.41, 5.74) is 13.5. The summed E-state index contributed by atoms with van der Waals surface area (Å²) in [6.07, 6.45) is 1.72. The molecule has 11 N–H and O–H groups in total. The molecule has 0 saturated carbocycles. The lowest BCUT2D eigenvalue weighted by atomic mass is 10.0. The van der Waals surface area contributed by atoms with Gasteiger partial charge in [0, 0.05) is 39.4 Å². The minimum atomic E-state index is -0.971. The van der Waals surface area contributed by atoms with Crippen LogP contribution in [0.5, 0.6) is 0 Å². The lowest BCUT2D eigenvalue weighted by Gasteiger charge is -2.25. The van der Waals surface area contributed by atoms with Gasteiger partial charge in [-0.1, -0.05) is 45.4 Å². The fourth-order valence-electron chi connectivity index (χ4n) is 8.17. The number of H-pyrrole nitrogens is 1. The maximum absolute atomic E-state index is 13.6. The molecule has 0 aliphatic rings. The predicted molar refractivity (Wildman–Crippen MR) is 332 cm³/mol. The topological polar surface area (TPSA) is 419 Å². The Hall–Kier alpha value is -7.15. The molecule has 6 amide bonds. The number of aromatic amines is 1. The van der Waals surface area contributed by atoms with Crippen LogP contribution in [0.2, 0.25) is 0 Å². The molecule has 33 heteroatoms. The van der Waals surface area contributed by atoms with Gasteiger partial charge in [0.05, 0.1) is 112 Å². The Balaban J connectivity index is 1.27. The van der Waals surface area contributed by atoms with Crippen LogP contribution in [-0.2, 0) is 89.2 Å². The van der Waals surface area contributed by atoms with Crippen LogP contribution in [0.15, 0.2) is 46.5 Å². The average molecular weight is 1300 g/mol. The van der Waals surface area contributed by atoms with Gasteiger partial charge in [-0.05, 0) is 55.8 Å². The van der Waals surface area contributed by atoms with Crippen LogP contribution in [0.4, 0.5) is 21.2 Å². The molecule has 0 saturated heterocycles. The molecule has 0 spiro atoms. The average Bonchev–Trinajstić information content (AvgIpc) is 1.64. The number of hydrogen-bond acceptors (Lipinski definition) is 24. The first-order chi connectivity index (χ1) is 43.9. The molecule has 2 aromatic heterocycles. The number of likely N-dealkylation sites (N-methyl/N-ethyl adjacent to an activating group) is 2. The van der Waals surface area contributed by atoms with Crippen molar-refractivity contribution in [2.75, 3.05) is 177 Å². The number of nitrogens with two attached hydrogens (primary N) is 3. The number of imidazole rings is 1. The van der Waals surface area contributed by atoms with Gasteiger partial charge >= 0.3 is 17.9 Å². The molecular weight excluding hydrogens is 1200 g/mol. The van der Waals surface area contributed by atoms with Crippen LogP contribution in [0.25, 0.3) is 11.2 Å². The van der Waals surface area contributed by atoms with E-state index in [4.69, 9.17) is 74.2 Å². The summed E-state index contributed by atoms with van der Waals surface area (Å²) < 4.78 is 68.1. The first kappa shape index (κ1) is 78.1. The van der Waals surface area contributed by atoms with Crippen LogP contribution in [0.1, 0.15) is 64.7 Å². The van der Waals surface area contributed by atoms with Crippen molar-refractivity contribution in [2.24, 2.45) is 17.5 Å². The van der Waals surface area contributed by atoms with E-state index in [1.54, 1.807) is 38.1 Å². The number of allylic oxidation sites excluding steroid dienone is 1. The fraction of sp³-hybridized carbons (Fsp3) is 0.672. The summed E-state index contributed by atoms with van der Waals surface area (Å²) in [7, 11) is 3.01. The van der Waals surface area contributed by atoms with Crippen molar-refractivity contribution in [3.63, 3.8) is 0 Å². The quantitative estimate of drug-likeness (QED) is 0.0122. The Morgan fingerprint density at radius 3 is 1.66 bits per heavy atom. The van der Waals surface area contributed by atoms with Crippen molar-refractivity contribution in [1.29, 1.82) is 0 Å². The van der Waals surface area contributed by atoms with Gasteiger partial charge in [-0.15, -0.1) is 6.58 Å². The number of hydrogen-bond donors (Lipinski definition) is 8. The second-order valence-corrected chi connectivity index (χ2v) is 20.6. The Morgan fingerprint density at radius 2 is 1.18 bits per heavy atom. The number of aromatic nitrogens is 4. The number of ether oxygens (including phenoxy) is 12. The van der Waals surface area contributed by atoms with Gasteiger partial charge in [0.2, 0.25) is 23.7 Å². The minimum absolute atomic E-state index is 0.0252. The largest absolute Gasteiger partial charge is 0.447 e. The maximum atomic E-state index is 13.6. The number of nitrogen functional groups attached to an aromatic ring is 1. The predicted octanol–water partition coefficient (Wildman–Crippen LogP) is 0.139. The van der Waals surface area contributed by atoms with E-state index in [9.17, 15) is 38.4 Å². The van der Waals surface area contributed by atoms with E-state index in [-0.39, 0.29) is 102 Å². The number of carbonyl (C=O) groups excluding carboxylic acids is 6. The van der Waals surface area contributed by atoms with Gasteiger partial charge in [0.1, 0.15) is 44.7 Å². The molecule has 0 radical (unpaired) electrons. The molecule has 3 rings (SSSR count). The molecule has 514 valence electrons. The SMILES string of the molecule is C=CCn1c(=O)n(C(CCC)OCCOC(=O)N(C)CCN(C)C(=O)OCc2ccc(NC(=O)C(CCCCN)NC(=O)C(NC(=O)COCCOCCOCCOCCOCCOCCOCCOCCOCC(=O)NN)C(C)C)cc2)c2nc(N)[nH]c(=O)c21. The number of nitrogens with one attached hydrogen (secondary N) is 5. The molecule has 3 unspecified atom stereocenters. The second kappa shape index (κ2) is 46.8. The number of fused-ring (bicyclic) bond motifs is 1. The maximum Gasteiger partial charge on any atom is 0.409 e. The van der Waals surface area contributed by atoms with Crippen molar-refractivity contribution in [1.82, 2.24) is 45.0 Å². The van der Waals surface area contributed by atoms with Crippen LogP contribution >= 0.6 is 0 Å². The monoisotopic (exact) mass is 1300 g/mol. The van der Waals surface area contributed by atoms with Crippen LogP contribution in [-0.4, -0.2) is 243 Å². The second-order valence-electron chi connectivity index (χ2n) is 20.6. The summed E-state index contributed by atoms with van der Waals surface area (Å²) in [6, 6.07) is 4.67. The van der Waals surface area contributed by atoms with Crippen molar-refractivity contribution < 1.29 is 85.6 Å². The lowest BCUT2D eigenvalue weighted by Crippen LogP contribution is -2.55. The molecule has 3 atom stereocenters. The van der Waals surface area contributed by atoms with E-state index >= 15 is 0 Å². The molecule has 1 aromatic carbocycles. The summed E-state index contributed by atoms with van der Waals surface area (Å²) in [5, 5.41) is 8.34. The van der Waals surface area contributed by atoms with E-state index in [1.807, 2.05) is 12.3 Å². The first-order valence-corrected chi connectivity index (χ1v) is 30.3. The normalized spacial score (nSPS) is 12.3. The number of nitrogens with zero attached hydrogens (tertiary/aromatic N) is 5. The molecular formula is C58H97N13O20. The minimum Gasteiger partial charge on any atom is -0.447 e. The van der Waals surface area contributed by atoms with Crippen molar-refractivity contribution in [3.05, 3.63) is 63.3 Å².